The molecule has 6 heteroatoms. The topological polar surface area (TPSA) is 60.2 Å². The third kappa shape index (κ3) is 3.08. The van der Waals surface area contributed by atoms with Crippen LogP contribution in [0.4, 0.5) is 0 Å². The van der Waals surface area contributed by atoms with Crippen LogP contribution in [0.3, 0.4) is 0 Å². The number of ether oxygens (including phenoxy) is 1. The predicted molar refractivity (Wildman–Crippen MR) is 88.2 cm³/mol. The van der Waals surface area contributed by atoms with Crippen molar-refractivity contribution in [3.05, 3.63) is 24.2 Å². The Hall–Kier alpha value is -1.95. The molecular weight excluding hydrogens is 292 g/mol. The predicted octanol–water partition coefficient (Wildman–Crippen LogP) is 2.05. The standard InChI is InChI=1S/C17H24N4O2/c1-12(2)17(22)20-8-6-13(11-20)15-19-14-5-4-7-18-16(14)21(15)9-10-23-3/h4-5,7,12-13H,6,8-11H2,1-3H3/t13-/m1/s1. The van der Waals surface area contributed by atoms with Gasteiger partial charge in [0, 0.05) is 44.8 Å². The van der Waals surface area contributed by atoms with E-state index in [0.717, 1.165) is 43.0 Å². The molecule has 1 saturated heterocycles. The quantitative estimate of drug-likeness (QED) is 0.847. The third-order valence-corrected chi connectivity index (χ3v) is 4.41. The highest BCUT2D eigenvalue weighted by Crippen LogP contribution is 2.29. The first-order valence-corrected chi connectivity index (χ1v) is 8.20. The second-order valence-corrected chi connectivity index (χ2v) is 6.39. The molecule has 2 aromatic rings. The van der Waals surface area contributed by atoms with Crippen LogP contribution >= 0.6 is 0 Å². The maximum absolute atomic E-state index is 12.2. The van der Waals surface area contributed by atoms with Crippen molar-refractivity contribution in [2.75, 3.05) is 26.8 Å². The minimum Gasteiger partial charge on any atom is -0.383 e. The number of carbonyl (C=O) groups is 1. The molecule has 23 heavy (non-hydrogen) atoms. The highest BCUT2D eigenvalue weighted by atomic mass is 16.5. The van der Waals surface area contributed by atoms with Crippen LogP contribution in [0.1, 0.15) is 32.0 Å². The molecule has 0 bridgehead atoms. The minimum atomic E-state index is 0.0442. The monoisotopic (exact) mass is 316 g/mol. The summed E-state index contributed by atoms with van der Waals surface area (Å²) in [6, 6.07) is 3.89. The Morgan fingerprint density at radius 2 is 2.30 bits per heavy atom. The molecule has 1 aliphatic rings. The van der Waals surface area contributed by atoms with Gasteiger partial charge in [0.15, 0.2) is 5.65 Å². The molecule has 124 valence electrons. The van der Waals surface area contributed by atoms with Gasteiger partial charge in [0.1, 0.15) is 11.3 Å². The summed E-state index contributed by atoms with van der Waals surface area (Å²) in [6.07, 6.45) is 2.75. The average Bonchev–Trinajstić information content (AvgIpc) is 3.16. The summed E-state index contributed by atoms with van der Waals surface area (Å²) < 4.78 is 7.38. The fourth-order valence-electron chi connectivity index (χ4n) is 3.23. The lowest BCUT2D eigenvalue weighted by Gasteiger charge is -2.19. The smallest absolute Gasteiger partial charge is 0.225 e. The zero-order valence-corrected chi connectivity index (χ0v) is 14.0. The molecule has 3 rings (SSSR count). The Morgan fingerprint density at radius 3 is 3.04 bits per heavy atom. The van der Waals surface area contributed by atoms with Crippen molar-refractivity contribution in [1.82, 2.24) is 19.4 Å². The molecule has 3 heterocycles. The summed E-state index contributed by atoms with van der Waals surface area (Å²) in [5.41, 5.74) is 1.81. The van der Waals surface area contributed by atoms with Crippen molar-refractivity contribution in [1.29, 1.82) is 0 Å². The molecule has 1 amide bonds. The number of methoxy groups -OCH3 is 1. The average molecular weight is 316 g/mol. The summed E-state index contributed by atoms with van der Waals surface area (Å²) in [4.78, 5) is 23.4. The Kier molecular flexibility index (Phi) is 4.61. The van der Waals surface area contributed by atoms with Gasteiger partial charge in [-0.3, -0.25) is 4.79 Å². The summed E-state index contributed by atoms with van der Waals surface area (Å²) in [5, 5.41) is 0. The van der Waals surface area contributed by atoms with Crippen molar-refractivity contribution in [3.8, 4) is 0 Å². The lowest BCUT2D eigenvalue weighted by atomic mass is 10.1. The van der Waals surface area contributed by atoms with Crippen LogP contribution in [0.2, 0.25) is 0 Å². The van der Waals surface area contributed by atoms with Gasteiger partial charge in [0.2, 0.25) is 5.91 Å². The van der Waals surface area contributed by atoms with Crippen LogP contribution in [0.15, 0.2) is 18.3 Å². The SMILES string of the molecule is COCCn1c([C@@H]2CCN(C(=O)C(C)C)C2)nc2cccnc21. The summed E-state index contributed by atoms with van der Waals surface area (Å²) in [7, 11) is 1.70. The zero-order chi connectivity index (χ0) is 16.4. The van der Waals surface area contributed by atoms with Crippen LogP contribution in [0.25, 0.3) is 11.2 Å². The molecular formula is C17H24N4O2. The van der Waals surface area contributed by atoms with Crippen LogP contribution in [0, 0.1) is 5.92 Å². The van der Waals surface area contributed by atoms with Crippen LogP contribution in [-0.2, 0) is 16.1 Å². The van der Waals surface area contributed by atoms with Crippen molar-refractivity contribution < 1.29 is 9.53 Å². The van der Waals surface area contributed by atoms with E-state index in [-0.39, 0.29) is 17.7 Å². The zero-order valence-electron chi connectivity index (χ0n) is 14.0. The van der Waals surface area contributed by atoms with Gasteiger partial charge in [0.25, 0.3) is 0 Å². The second kappa shape index (κ2) is 6.66. The lowest BCUT2D eigenvalue weighted by molar-refractivity contribution is -0.133. The maximum atomic E-state index is 12.2. The first-order valence-electron chi connectivity index (χ1n) is 8.20. The fourth-order valence-corrected chi connectivity index (χ4v) is 3.23. The number of likely N-dealkylation sites (tertiary alicyclic amines) is 1. The number of hydrogen-bond donors (Lipinski definition) is 0. The van der Waals surface area contributed by atoms with Gasteiger partial charge in [-0.25, -0.2) is 9.97 Å². The number of carbonyl (C=O) groups excluding carboxylic acids is 1. The Labute approximate surface area is 136 Å². The maximum Gasteiger partial charge on any atom is 0.225 e. The number of hydrogen-bond acceptors (Lipinski definition) is 4. The Morgan fingerprint density at radius 1 is 1.48 bits per heavy atom. The first kappa shape index (κ1) is 15.9. The van der Waals surface area contributed by atoms with Crippen molar-refractivity contribution in [2.24, 2.45) is 5.92 Å². The second-order valence-electron chi connectivity index (χ2n) is 6.39. The van der Waals surface area contributed by atoms with Crippen molar-refractivity contribution >= 4 is 17.1 Å². The largest absolute Gasteiger partial charge is 0.383 e. The number of amides is 1. The third-order valence-electron chi connectivity index (χ3n) is 4.41. The van der Waals surface area contributed by atoms with Gasteiger partial charge in [0.05, 0.1) is 6.61 Å². The molecule has 1 fully saturated rings. The first-order chi connectivity index (χ1) is 11.1. The van der Waals surface area contributed by atoms with E-state index in [2.05, 4.69) is 9.55 Å². The van der Waals surface area contributed by atoms with E-state index in [0.29, 0.717) is 6.61 Å². The molecule has 0 unspecified atom stereocenters. The fraction of sp³-hybridized carbons (Fsp3) is 0.588. The van der Waals surface area contributed by atoms with Gasteiger partial charge in [-0.15, -0.1) is 0 Å². The van der Waals surface area contributed by atoms with E-state index in [1.165, 1.54) is 0 Å². The van der Waals surface area contributed by atoms with E-state index in [9.17, 15) is 4.79 Å². The molecule has 0 spiro atoms. The van der Waals surface area contributed by atoms with E-state index >= 15 is 0 Å². The van der Waals surface area contributed by atoms with E-state index in [1.807, 2.05) is 30.9 Å². The molecule has 1 aliphatic heterocycles. The number of nitrogens with zero attached hydrogens (tertiary/aromatic N) is 4. The van der Waals surface area contributed by atoms with Crippen LogP contribution in [-0.4, -0.2) is 52.1 Å². The number of imidazole rings is 1. The van der Waals surface area contributed by atoms with Crippen molar-refractivity contribution in [3.63, 3.8) is 0 Å². The van der Waals surface area contributed by atoms with Crippen LogP contribution < -0.4 is 0 Å². The van der Waals surface area contributed by atoms with Crippen molar-refractivity contribution in [2.45, 2.75) is 32.7 Å². The van der Waals surface area contributed by atoms with Gasteiger partial charge in [-0.05, 0) is 18.6 Å². The molecule has 0 aliphatic carbocycles. The van der Waals surface area contributed by atoms with E-state index in [4.69, 9.17) is 9.72 Å². The Bertz CT molecular complexity index is 695. The summed E-state index contributed by atoms with van der Waals surface area (Å²) >= 11 is 0. The molecule has 0 radical (unpaired) electrons. The number of fused-ring (bicyclic) bond motifs is 1. The minimum absolute atomic E-state index is 0.0442. The molecule has 1 atom stereocenters. The highest BCUT2D eigenvalue weighted by Gasteiger charge is 2.31. The van der Waals surface area contributed by atoms with Crippen LogP contribution in [0.5, 0.6) is 0 Å². The number of aromatic nitrogens is 3. The van der Waals surface area contributed by atoms with E-state index in [1.54, 1.807) is 13.3 Å². The van der Waals surface area contributed by atoms with E-state index < -0.39 is 0 Å². The number of pyridine rings is 1. The molecule has 6 nitrogen and oxygen atoms in total. The van der Waals surface area contributed by atoms with Gasteiger partial charge >= 0.3 is 0 Å². The van der Waals surface area contributed by atoms with Gasteiger partial charge in [-0.1, -0.05) is 13.8 Å². The normalized spacial score (nSPS) is 18.3. The van der Waals surface area contributed by atoms with Gasteiger partial charge < -0.3 is 14.2 Å². The molecule has 0 N–H and O–H groups in total. The molecule has 0 aromatic carbocycles. The number of rotatable bonds is 5. The molecule has 0 saturated carbocycles. The highest BCUT2D eigenvalue weighted by molar-refractivity contribution is 5.78. The lowest BCUT2D eigenvalue weighted by Crippen LogP contribution is -2.32. The van der Waals surface area contributed by atoms with Gasteiger partial charge in [-0.2, -0.15) is 0 Å². The summed E-state index contributed by atoms with van der Waals surface area (Å²) in [6.45, 7) is 6.81. The molecule has 2 aromatic heterocycles. The Balaban J connectivity index is 1.89. The summed E-state index contributed by atoms with van der Waals surface area (Å²) in [5.74, 6) is 1.56.